The number of aromatic nitrogens is 1. The third-order valence-electron chi connectivity index (χ3n) is 5.34. The van der Waals surface area contributed by atoms with Crippen molar-refractivity contribution in [1.82, 2.24) is 14.8 Å². The monoisotopic (exact) mass is 325 g/mol. The molecule has 2 saturated heterocycles. The molecule has 0 aromatic carbocycles. The Hall–Kier alpha value is -2.14. The van der Waals surface area contributed by atoms with Crippen molar-refractivity contribution < 1.29 is 9.21 Å². The number of hydrogen-bond acceptors (Lipinski definition) is 4. The number of amides is 1. The summed E-state index contributed by atoms with van der Waals surface area (Å²) in [6.45, 7) is 4.32. The molecule has 4 heterocycles. The summed E-state index contributed by atoms with van der Waals surface area (Å²) in [6.07, 6.45) is 10.2. The number of carbonyl (C=O) groups is 1. The van der Waals surface area contributed by atoms with Crippen LogP contribution in [0.4, 0.5) is 0 Å². The van der Waals surface area contributed by atoms with E-state index in [1.54, 1.807) is 18.7 Å². The van der Waals surface area contributed by atoms with Crippen molar-refractivity contribution in [3.63, 3.8) is 0 Å². The number of furan rings is 1. The maximum absolute atomic E-state index is 13.1. The zero-order valence-electron chi connectivity index (χ0n) is 13.9. The molecule has 2 aromatic rings. The lowest BCUT2D eigenvalue weighted by Crippen LogP contribution is -2.47. The molecule has 0 aliphatic carbocycles. The molecule has 5 heteroatoms. The van der Waals surface area contributed by atoms with Gasteiger partial charge in [-0.2, -0.15) is 0 Å². The van der Waals surface area contributed by atoms with Crippen molar-refractivity contribution in [2.45, 2.75) is 32.4 Å². The van der Waals surface area contributed by atoms with E-state index in [1.165, 1.54) is 5.56 Å². The topological polar surface area (TPSA) is 49.6 Å². The minimum absolute atomic E-state index is 0.190. The number of carbonyl (C=O) groups excluding carboxylic acids is 1. The average Bonchev–Trinajstić information content (AvgIpc) is 3.21. The molecule has 0 unspecified atom stereocenters. The maximum Gasteiger partial charge on any atom is 0.230 e. The number of likely N-dealkylation sites (tertiary alicyclic amines) is 2. The standard InChI is InChI=1S/C19H23N3O2/c23-18-19(6-9-22(18)13-16-3-1-7-20-11-16)5-2-8-21(15-19)12-17-4-10-24-14-17/h1,3-4,7,10-11,14H,2,5-6,8-9,12-13,15H2/t19-/m0/s1. The molecule has 24 heavy (non-hydrogen) atoms. The first kappa shape index (κ1) is 15.4. The maximum atomic E-state index is 13.1. The van der Waals surface area contributed by atoms with Crippen LogP contribution in [0.3, 0.4) is 0 Å². The highest BCUT2D eigenvalue weighted by atomic mass is 16.3. The lowest BCUT2D eigenvalue weighted by atomic mass is 9.78. The van der Waals surface area contributed by atoms with Crippen LogP contribution in [0.5, 0.6) is 0 Å². The van der Waals surface area contributed by atoms with Gasteiger partial charge in [-0.1, -0.05) is 6.07 Å². The van der Waals surface area contributed by atoms with Crippen LogP contribution in [0.25, 0.3) is 0 Å². The van der Waals surface area contributed by atoms with Crippen LogP contribution < -0.4 is 0 Å². The first-order chi connectivity index (χ1) is 11.8. The second-order valence-electron chi connectivity index (χ2n) is 7.06. The van der Waals surface area contributed by atoms with Gasteiger partial charge in [0.25, 0.3) is 0 Å². The fraction of sp³-hybridized carbons (Fsp3) is 0.474. The normalized spacial score (nSPS) is 24.8. The highest BCUT2D eigenvalue weighted by Crippen LogP contribution is 2.41. The highest BCUT2D eigenvalue weighted by Gasteiger charge is 2.48. The van der Waals surface area contributed by atoms with Crippen LogP contribution in [0.1, 0.15) is 30.4 Å². The molecule has 0 saturated carbocycles. The fourth-order valence-corrected chi connectivity index (χ4v) is 4.14. The Kier molecular flexibility index (Phi) is 4.10. The molecule has 2 aliphatic rings. The number of rotatable bonds is 4. The predicted octanol–water partition coefficient (Wildman–Crippen LogP) is 2.69. The van der Waals surface area contributed by atoms with Gasteiger partial charge in [-0.15, -0.1) is 0 Å². The van der Waals surface area contributed by atoms with E-state index in [0.717, 1.165) is 51.0 Å². The number of pyridine rings is 1. The molecule has 1 spiro atoms. The Morgan fingerprint density at radius 1 is 1.17 bits per heavy atom. The van der Waals surface area contributed by atoms with Gasteiger partial charge in [0.05, 0.1) is 17.9 Å². The van der Waals surface area contributed by atoms with E-state index in [4.69, 9.17) is 4.42 Å². The van der Waals surface area contributed by atoms with E-state index in [-0.39, 0.29) is 5.41 Å². The van der Waals surface area contributed by atoms with Gasteiger partial charge in [0, 0.05) is 44.1 Å². The van der Waals surface area contributed by atoms with E-state index in [0.29, 0.717) is 12.5 Å². The van der Waals surface area contributed by atoms with Gasteiger partial charge in [-0.25, -0.2) is 0 Å². The van der Waals surface area contributed by atoms with Crippen LogP contribution in [0.15, 0.2) is 47.5 Å². The summed E-state index contributed by atoms with van der Waals surface area (Å²) in [7, 11) is 0. The molecule has 4 rings (SSSR count). The summed E-state index contributed by atoms with van der Waals surface area (Å²) in [5.74, 6) is 0.322. The summed E-state index contributed by atoms with van der Waals surface area (Å²) in [5, 5.41) is 0. The molecule has 5 nitrogen and oxygen atoms in total. The van der Waals surface area contributed by atoms with Crippen LogP contribution in [0, 0.1) is 5.41 Å². The summed E-state index contributed by atoms with van der Waals surface area (Å²) in [5.41, 5.74) is 2.10. The van der Waals surface area contributed by atoms with Crippen LogP contribution in [0.2, 0.25) is 0 Å². The molecule has 1 atom stereocenters. The first-order valence-electron chi connectivity index (χ1n) is 8.67. The molecule has 1 amide bonds. The van der Waals surface area contributed by atoms with Crippen molar-refractivity contribution in [3.8, 4) is 0 Å². The molecule has 0 N–H and O–H groups in total. The predicted molar refractivity (Wildman–Crippen MR) is 89.9 cm³/mol. The lowest BCUT2D eigenvalue weighted by molar-refractivity contribution is -0.139. The number of piperidine rings is 1. The average molecular weight is 325 g/mol. The molecular weight excluding hydrogens is 302 g/mol. The Labute approximate surface area is 142 Å². The lowest BCUT2D eigenvalue weighted by Gasteiger charge is -2.39. The molecule has 0 radical (unpaired) electrons. The molecule has 2 fully saturated rings. The van der Waals surface area contributed by atoms with Gasteiger partial charge in [0.15, 0.2) is 0 Å². The van der Waals surface area contributed by atoms with E-state index in [2.05, 4.69) is 9.88 Å². The Bertz CT molecular complexity index is 686. The quantitative estimate of drug-likeness (QED) is 0.867. The van der Waals surface area contributed by atoms with Crippen molar-refractivity contribution in [2.75, 3.05) is 19.6 Å². The summed E-state index contributed by atoms with van der Waals surface area (Å²) >= 11 is 0. The third kappa shape index (κ3) is 2.96. The van der Waals surface area contributed by atoms with E-state index in [1.807, 2.05) is 29.3 Å². The van der Waals surface area contributed by atoms with Crippen LogP contribution >= 0.6 is 0 Å². The number of nitrogens with zero attached hydrogens (tertiary/aromatic N) is 3. The van der Waals surface area contributed by atoms with Gasteiger partial charge in [-0.3, -0.25) is 14.7 Å². The largest absolute Gasteiger partial charge is 0.472 e. The minimum Gasteiger partial charge on any atom is -0.472 e. The smallest absolute Gasteiger partial charge is 0.230 e. The Balaban J connectivity index is 1.44. The highest BCUT2D eigenvalue weighted by molar-refractivity contribution is 5.85. The first-order valence-corrected chi connectivity index (χ1v) is 8.67. The van der Waals surface area contributed by atoms with Crippen molar-refractivity contribution in [2.24, 2.45) is 5.41 Å². The van der Waals surface area contributed by atoms with Crippen molar-refractivity contribution >= 4 is 5.91 Å². The van der Waals surface area contributed by atoms with Crippen LogP contribution in [-0.4, -0.2) is 40.3 Å². The second-order valence-corrected chi connectivity index (χ2v) is 7.06. The number of hydrogen-bond donors (Lipinski definition) is 0. The minimum atomic E-state index is -0.190. The van der Waals surface area contributed by atoms with Crippen LogP contribution in [-0.2, 0) is 17.9 Å². The van der Waals surface area contributed by atoms with E-state index < -0.39 is 0 Å². The Morgan fingerprint density at radius 2 is 2.12 bits per heavy atom. The Morgan fingerprint density at radius 3 is 2.92 bits per heavy atom. The molecular formula is C19H23N3O2. The van der Waals surface area contributed by atoms with E-state index >= 15 is 0 Å². The van der Waals surface area contributed by atoms with Gasteiger partial charge in [0.2, 0.25) is 5.91 Å². The zero-order valence-corrected chi connectivity index (χ0v) is 13.9. The van der Waals surface area contributed by atoms with Gasteiger partial charge < -0.3 is 9.32 Å². The summed E-state index contributed by atoms with van der Waals surface area (Å²) in [6, 6.07) is 5.97. The molecule has 2 aromatic heterocycles. The van der Waals surface area contributed by atoms with Gasteiger partial charge in [-0.05, 0) is 43.5 Å². The second kappa shape index (κ2) is 6.40. The molecule has 2 aliphatic heterocycles. The van der Waals surface area contributed by atoms with Crippen molar-refractivity contribution in [1.29, 1.82) is 0 Å². The van der Waals surface area contributed by atoms with E-state index in [9.17, 15) is 4.79 Å². The van der Waals surface area contributed by atoms with Gasteiger partial charge >= 0.3 is 0 Å². The van der Waals surface area contributed by atoms with Crippen molar-refractivity contribution in [3.05, 3.63) is 54.2 Å². The molecule has 0 bridgehead atoms. The SMILES string of the molecule is O=C1N(Cc2cccnc2)CC[C@]12CCCN(Cc1ccoc1)C2. The summed E-state index contributed by atoms with van der Waals surface area (Å²) < 4.78 is 5.17. The summed E-state index contributed by atoms with van der Waals surface area (Å²) in [4.78, 5) is 21.7. The fourth-order valence-electron chi connectivity index (χ4n) is 4.14. The third-order valence-corrected chi connectivity index (χ3v) is 5.34. The van der Waals surface area contributed by atoms with Gasteiger partial charge in [0.1, 0.15) is 0 Å². The molecule has 126 valence electrons. The zero-order chi connectivity index (χ0) is 16.4.